The van der Waals surface area contributed by atoms with E-state index in [0.717, 1.165) is 34.2 Å². The molecule has 0 bridgehead atoms. The Hall–Kier alpha value is -2.02. The van der Waals surface area contributed by atoms with Crippen molar-refractivity contribution >= 4 is 26.7 Å². The van der Waals surface area contributed by atoms with Crippen LogP contribution in [0, 0.1) is 0 Å². The molecule has 0 atom stereocenters. The Labute approximate surface area is 154 Å². The topological polar surface area (TPSA) is 47.4 Å². The van der Waals surface area contributed by atoms with E-state index >= 15 is 0 Å². The molecule has 0 amide bonds. The molecule has 4 rings (SSSR count). The molecule has 0 N–H and O–H groups in total. The van der Waals surface area contributed by atoms with Crippen LogP contribution in [0.1, 0.15) is 0 Å². The Morgan fingerprint density at radius 1 is 1.00 bits per heavy atom. The van der Waals surface area contributed by atoms with Crippen LogP contribution in [0.15, 0.2) is 57.8 Å². The lowest BCUT2D eigenvalue weighted by molar-refractivity contribution is 0.0206. The Morgan fingerprint density at radius 3 is 2.40 bits per heavy atom. The van der Waals surface area contributed by atoms with Gasteiger partial charge in [-0.3, -0.25) is 9.69 Å². The molecule has 2 heterocycles. The molecule has 1 saturated heterocycles. The van der Waals surface area contributed by atoms with Crippen molar-refractivity contribution in [1.29, 1.82) is 0 Å². The Morgan fingerprint density at radius 2 is 1.68 bits per heavy atom. The molecule has 2 aromatic carbocycles. The van der Waals surface area contributed by atoms with Crippen molar-refractivity contribution in [3.8, 4) is 11.3 Å². The lowest BCUT2D eigenvalue weighted by atomic mass is 10.1. The highest BCUT2D eigenvalue weighted by molar-refractivity contribution is 9.10. The lowest BCUT2D eigenvalue weighted by Gasteiger charge is -2.26. The zero-order valence-electron chi connectivity index (χ0n) is 13.7. The molecule has 1 aliphatic heterocycles. The lowest BCUT2D eigenvalue weighted by Crippen LogP contribution is -2.40. The second-order valence-corrected chi connectivity index (χ2v) is 6.99. The minimum absolute atomic E-state index is 0.0528. The van der Waals surface area contributed by atoms with Crippen molar-refractivity contribution in [1.82, 2.24) is 14.7 Å². The van der Waals surface area contributed by atoms with E-state index in [1.165, 1.54) is 0 Å². The fraction of sp³-hybridized carbons (Fsp3) is 0.263. The van der Waals surface area contributed by atoms with Crippen molar-refractivity contribution in [2.24, 2.45) is 0 Å². The maximum absolute atomic E-state index is 12.9. The van der Waals surface area contributed by atoms with Gasteiger partial charge in [0.2, 0.25) is 0 Å². The van der Waals surface area contributed by atoms with Gasteiger partial charge in [-0.1, -0.05) is 46.3 Å². The van der Waals surface area contributed by atoms with Crippen molar-refractivity contribution in [3.63, 3.8) is 0 Å². The summed E-state index contributed by atoms with van der Waals surface area (Å²) in [5.74, 6) is 0. The first-order chi connectivity index (χ1) is 12.2. The van der Waals surface area contributed by atoms with Gasteiger partial charge in [-0.05, 0) is 18.2 Å². The summed E-state index contributed by atoms with van der Waals surface area (Å²) in [6.45, 7) is 3.50. The molecular formula is C19H18BrN3O2. The summed E-state index contributed by atoms with van der Waals surface area (Å²) in [6, 6.07) is 15.7. The van der Waals surface area contributed by atoms with Crippen LogP contribution < -0.4 is 5.56 Å². The minimum Gasteiger partial charge on any atom is -0.379 e. The van der Waals surface area contributed by atoms with Crippen LogP contribution in [-0.2, 0) is 11.4 Å². The van der Waals surface area contributed by atoms with Gasteiger partial charge in [0.05, 0.1) is 31.0 Å². The molecule has 5 nitrogen and oxygen atoms in total. The number of aromatic nitrogens is 2. The number of nitrogens with zero attached hydrogens (tertiary/aromatic N) is 3. The van der Waals surface area contributed by atoms with Gasteiger partial charge in [0.1, 0.15) is 0 Å². The van der Waals surface area contributed by atoms with E-state index in [9.17, 15) is 4.79 Å². The molecule has 0 radical (unpaired) electrons. The van der Waals surface area contributed by atoms with Gasteiger partial charge in [0.25, 0.3) is 5.56 Å². The van der Waals surface area contributed by atoms with E-state index < -0.39 is 0 Å². The standard InChI is InChI=1S/C19H18BrN3O2/c20-15-7-5-14(6-8-15)18-16-3-1-2-4-17(16)19(24)23(21-18)13-22-9-11-25-12-10-22/h1-8H,9-13H2. The number of ether oxygens (including phenoxy) is 1. The molecule has 0 spiro atoms. The van der Waals surface area contributed by atoms with Crippen molar-refractivity contribution in [2.75, 3.05) is 26.3 Å². The molecule has 1 aliphatic rings. The molecule has 0 aliphatic carbocycles. The van der Waals surface area contributed by atoms with Gasteiger partial charge in [-0.15, -0.1) is 0 Å². The number of hydrogen-bond acceptors (Lipinski definition) is 4. The fourth-order valence-corrected chi connectivity index (χ4v) is 3.35. The average Bonchev–Trinajstić information content (AvgIpc) is 2.66. The summed E-state index contributed by atoms with van der Waals surface area (Å²) >= 11 is 3.47. The second kappa shape index (κ2) is 7.07. The largest absolute Gasteiger partial charge is 0.379 e. The van der Waals surface area contributed by atoms with Crippen LogP contribution in [0.25, 0.3) is 22.0 Å². The van der Waals surface area contributed by atoms with Crippen LogP contribution in [0.5, 0.6) is 0 Å². The molecule has 1 fully saturated rings. The van der Waals surface area contributed by atoms with Crippen LogP contribution in [0.2, 0.25) is 0 Å². The van der Waals surface area contributed by atoms with E-state index in [-0.39, 0.29) is 5.56 Å². The Kier molecular flexibility index (Phi) is 4.65. The third-order valence-corrected chi connectivity index (χ3v) is 4.95. The first kappa shape index (κ1) is 16.4. The summed E-state index contributed by atoms with van der Waals surface area (Å²) in [6.07, 6.45) is 0. The predicted molar refractivity (Wildman–Crippen MR) is 102 cm³/mol. The van der Waals surface area contributed by atoms with Gasteiger partial charge in [-0.25, -0.2) is 4.68 Å². The van der Waals surface area contributed by atoms with Crippen LogP contribution in [0.3, 0.4) is 0 Å². The van der Waals surface area contributed by atoms with Gasteiger partial charge >= 0.3 is 0 Å². The molecule has 0 unspecified atom stereocenters. The maximum atomic E-state index is 12.9. The van der Waals surface area contributed by atoms with Gasteiger partial charge < -0.3 is 4.74 Å². The SMILES string of the molecule is O=c1c2ccccc2c(-c2ccc(Br)cc2)nn1CN1CCOCC1. The molecule has 128 valence electrons. The highest BCUT2D eigenvalue weighted by Crippen LogP contribution is 2.26. The first-order valence-corrected chi connectivity index (χ1v) is 9.07. The second-order valence-electron chi connectivity index (χ2n) is 6.08. The number of rotatable bonds is 3. The van der Waals surface area contributed by atoms with E-state index in [0.29, 0.717) is 25.3 Å². The number of hydrogen-bond donors (Lipinski definition) is 0. The third kappa shape index (κ3) is 3.38. The third-order valence-electron chi connectivity index (χ3n) is 4.42. The molecule has 25 heavy (non-hydrogen) atoms. The predicted octanol–water partition coefficient (Wildman–Crippen LogP) is 3.12. The number of halogens is 1. The van der Waals surface area contributed by atoms with Crippen LogP contribution in [-0.4, -0.2) is 41.0 Å². The molecule has 6 heteroatoms. The normalized spacial score (nSPS) is 15.6. The molecule has 0 saturated carbocycles. The summed E-state index contributed by atoms with van der Waals surface area (Å²) in [5, 5.41) is 6.28. The fourth-order valence-electron chi connectivity index (χ4n) is 3.08. The smallest absolute Gasteiger partial charge is 0.275 e. The van der Waals surface area contributed by atoms with Gasteiger partial charge in [0.15, 0.2) is 0 Å². The average molecular weight is 400 g/mol. The van der Waals surface area contributed by atoms with Gasteiger partial charge in [0, 0.05) is 28.5 Å². The number of morpholine rings is 1. The van der Waals surface area contributed by atoms with Crippen molar-refractivity contribution in [3.05, 3.63) is 63.4 Å². The molecular weight excluding hydrogens is 382 g/mol. The summed E-state index contributed by atoms with van der Waals surface area (Å²) in [4.78, 5) is 15.1. The number of fused-ring (bicyclic) bond motifs is 1. The van der Waals surface area contributed by atoms with E-state index in [1.54, 1.807) is 4.68 Å². The summed E-state index contributed by atoms with van der Waals surface area (Å²) in [7, 11) is 0. The van der Waals surface area contributed by atoms with Crippen molar-refractivity contribution < 1.29 is 4.74 Å². The highest BCUT2D eigenvalue weighted by Gasteiger charge is 2.16. The molecule has 1 aromatic heterocycles. The first-order valence-electron chi connectivity index (χ1n) is 8.28. The van der Waals surface area contributed by atoms with Gasteiger partial charge in [-0.2, -0.15) is 5.10 Å². The van der Waals surface area contributed by atoms with E-state index in [2.05, 4.69) is 20.8 Å². The summed E-state index contributed by atoms with van der Waals surface area (Å²) in [5.41, 5.74) is 1.77. The van der Waals surface area contributed by atoms with Crippen LogP contribution in [0.4, 0.5) is 0 Å². The quantitative estimate of drug-likeness (QED) is 0.678. The molecule has 3 aromatic rings. The Bertz CT molecular complexity index is 947. The summed E-state index contributed by atoms with van der Waals surface area (Å²) < 4.78 is 7.98. The number of benzene rings is 2. The zero-order valence-corrected chi connectivity index (χ0v) is 15.3. The monoisotopic (exact) mass is 399 g/mol. The Balaban J connectivity index is 1.84. The minimum atomic E-state index is -0.0528. The van der Waals surface area contributed by atoms with E-state index in [1.807, 2.05) is 48.5 Å². The maximum Gasteiger partial charge on any atom is 0.275 e. The van der Waals surface area contributed by atoms with Crippen molar-refractivity contribution in [2.45, 2.75) is 6.67 Å². The highest BCUT2D eigenvalue weighted by atomic mass is 79.9. The zero-order chi connectivity index (χ0) is 17.2. The van der Waals surface area contributed by atoms with E-state index in [4.69, 9.17) is 9.84 Å². The van der Waals surface area contributed by atoms with Crippen LogP contribution >= 0.6 is 15.9 Å².